The number of pyridine rings is 1. The molecule has 0 unspecified atom stereocenters. The van der Waals surface area contributed by atoms with Crippen LogP contribution in [-0.2, 0) is 6.42 Å². The second-order valence-corrected chi connectivity index (χ2v) is 4.57. The Morgan fingerprint density at radius 2 is 2.15 bits per heavy atom. The van der Waals surface area contributed by atoms with Crippen molar-refractivity contribution in [3.8, 4) is 0 Å². The van der Waals surface area contributed by atoms with Crippen LogP contribution in [0.15, 0.2) is 42.6 Å². The van der Waals surface area contributed by atoms with E-state index in [1.807, 2.05) is 30.1 Å². The first-order valence-electron chi connectivity index (χ1n) is 6.32. The second-order valence-electron chi connectivity index (χ2n) is 4.57. The smallest absolute Gasteiger partial charge is 0.337 e. The monoisotopic (exact) mass is 271 g/mol. The maximum atomic E-state index is 11.3. The Bertz CT molecular complexity index is 599. The minimum atomic E-state index is -0.975. The Kier molecular flexibility index (Phi) is 4.20. The molecule has 20 heavy (non-hydrogen) atoms. The summed E-state index contributed by atoms with van der Waals surface area (Å²) in [6, 6.07) is 10.7. The van der Waals surface area contributed by atoms with Crippen LogP contribution in [0.1, 0.15) is 16.1 Å². The van der Waals surface area contributed by atoms with Gasteiger partial charge in [-0.3, -0.25) is 4.98 Å². The predicted molar refractivity (Wildman–Crippen MR) is 79.0 cm³/mol. The van der Waals surface area contributed by atoms with E-state index in [-0.39, 0.29) is 5.56 Å². The van der Waals surface area contributed by atoms with E-state index in [0.29, 0.717) is 17.9 Å². The minimum absolute atomic E-state index is 0.216. The zero-order valence-corrected chi connectivity index (χ0v) is 11.3. The van der Waals surface area contributed by atoms with Gasteiger partial charge in [-0.25, -0.2) is 4.79 Å². The fraction of sp³-hybridized carbons (Fsp3) is 0.200. The van der Waals surface area contributed by atoms with Crippen LogP contribution in [0, 0.1) is 0 Å². The second kappa shape index (κ2) is 6.06. The van der Waals surface area contributed by atoms with E-state index in [1.54, 1.807) is 18.3 Å². The first kappa shape index (κ1) is 13.9. The molecular weight excluding hydrogens is 254 g/mol. The summed E-state index contributed by atoms with van der Waals surface area (Å²) in [6.45, 7) is 0.682. The third kappa shape index (κ3) is 3.26. The number of hydrogen-bond acceptors (Lipinski definition) is 4. The molecule has 0 aliphatic rings. The molecule has 0 atom stereocenters. The van der Waals surface area contributed by atoms with Gasteiger partial charge in [-0.15, -0.1) is 0 Å². The van der Waals surface area contributed by atoms with Crippen molar-refractivity contribution in [2.45, 2.75) is 6.42 Å². The van der Waals surface area contributed by atoms with Crippen LogP contribution >= 0.6 is 0 Å². The highest BCUT2D eigenvalue weighted by Crippen LogP contribution is 2.22. The number of carboxylic acids is 1. The lowest BCUT2D eigenvalue weighted by atomic mass is 10.1. The van der Waals surface area contributed by atoms with Gasteiger partial charge >= 0.3 is 5.97 Å². The number of anilines is 2. The lowest BCUT2D eigenvalue weighted by Gasteiger charge is -2.21. The van der Waals surface area contributed by atoms with Crippen molar-refractivity contribution in [3.05, 3.63) is 53.9 Å². The fourth-order valence-corrected chi connectivity index (χ4v) is 2.01. The van der Waals surface area contributed by atoms with Crippen molar-refractivity contribution in [1.29, 1.82) is 0 Å². The molecule has 104 valence electrons. The van der Waals surface area contributed by atoms with E-state index in [4.69, 9.17) is 5.73 Å². The lowest BCUT2D eigenvalue weighted by Crippen LogP contribution is -2.23. The molecule has 0 aliphatic heterocycles. The Labute approximate surface area is 117 Å². The molecule has 0 amide bonds. The number of nitrogen functional groups attached to an aromatic ring is 1. The number of hydrogen-bond donors (Lipinski definition) is 2. The molecule has 1 heterocycles. The average molecular weight is 271 g/mol. The van der Waals surface area contributed by atoms with Gasteiger partial charge in [0.25, 0.3) is 0 Å². The molecule has 0 saturated heterocycles. The maximum absolute atomic E-state index is 11.3. The van der Waals surface area contributed by atoms with Gasteiger partial charge in [0.2, 0.25) is 0 Å². The number of nitrogens with zero attached hydrogens (tertiary/aromatic N) is 2. The quantitative estimate of drug-likeness (QED) is 0.813. The zero-order valence-electron chi connectivity index (χ0n) is 11.3. The molecule has 0 fully saturated rings. The third-order valence-electron chi connectivity index (χ3n) is 3.09. The van der Waals surface area contributed by atoms with E-state index in [1.165, 1.54) is 6.07 Å². The Morgan fingerprint density at radius 3 is 2.80 bits per heavy atom. The Hall–Kier alpha value is -2.56. The molecule has 0 spiro atoms. The highest BCUT2D eigenvalue weighted by atomic mass is 16.4. The van der Waals surface area contributed by atoms with Crippen LogP contribution in [-0.4, -0.2) is 29.7 Å². The molecule has 1 aromatic carbocycles. The highest BCUT2D eigenvalue weighted by Gasteiger charge is 2.13. The number of likely N-dealkylation sites (N-methyl/N-ethyl adjacent to an activating group) is 1. The fourth-order valence-electron chi connectivity index (χ4n) is 2.01. The van der Waals surface area contributed by atoms with Gasteiger partial charge in [-0.05, 0) is 30.3 Å². The molecule has 5 nitrogen and oxygen atoms in total. The minimum Gasteiger partial charge on any atom is -0.478 e. The van der Waals surface area contributed by atoms with Crippen molar-refractivity contribution in [1.82, 2.24) is 4.98 Å². The summed E-state index contributed by atoms with van der Waals surface area (Å²) in [4.78, 5) is 17.4. The van der Waals surface area contributed by atoms with Gasteiger partial charge in [0.15, 0.2) is 0 Å². The summed E-state index contributed by atoms with van der Waals surface area (Å²) < 4.78 is 0. The number of carbonyl (C=O) groups is 1. The summed E-state index contributed by atoms with van der Waals surface area (Å²) in [5, 5.41) is 9.23. The molecule has 2 rings (SSSR count). The Balaban J connectivity index is 2.13. The van der Waals surface area contributed by atoms with Gasteiger partial charge < -0.3 is 15.7 Å². The molecular formula is C15H17N3O2. The lowest BCUT2D eigenvalue weighted by molar-refractivity contribution is 0.0697. The molecule has 5 heteroatoms. The molecule has 0 radical (unpaired) electrons. The largest absolute Gasteiger partial charge is 0.478 e. The normalized spacial score (nSPS) is 10.2. The molecule has 0 bridgehead atoms. The SMILES string of the molecule is CN(CCc1ccccn1)c1ccc(N)cc1C(=O)O. The summed E-state index contributed by atoms with van der Waals surface area (Å²) in [5.74, 6) is -0.975. The van der Waals surface area contributed by atoms with Crippen LogP contribution in [0.25, 0.3) is 0 Å². The summed E-state index contributed by atoms with van der Waals surface area (Å²) in [6.07, 6.45) is 2.50. The van der Waals surface area contributed by atoms with E-state index in [0.717, 1.165) is 12.1 Å². The van der Waals surface area contributed by atoms with Gasteiger partial charge in [-0.1, -0.05) is 6.07 Å². The van der Waals surface area contributed by atoms with Gasteiger partial charge in [-0.2, -0.15) is 0 Å². The summed E-state index contributed by atoms with van der Waals surface area (Å²) >= 11 is 0. The summed E-state index contributed by atoms with van der Waals surface area (Å²) in [7, 11) is 1.86. The van der Waals surface area contributed by atoms with E-state index < -0.39 is 5.97 Å². The molecule has 2 aromatic rings. The van der Waals surface area contributed by atoms with Gasteiger partial charge in [0.05, 0.1) is 11.3 Å². The third-order valence-corrected chi connectivity index (χ3v) is 3.09. The van der Waals surface area contributed by atoms with Crippen LogP contribution in [0.3, 0.4) is 0 Å². The van der Waals surface area contributed by atoms with E-state index in [9.17, 15) is 9.90 Å². The number of nitrogens with two attached hydrogens (primary N) is 1. The molecule has 1 aromatic heterocycles. The topological polar surface area (TPSA) is 79.5 Å². The van der Waals surface area contributed by atoms with Crippen molar-refractivity contribution in [2.75, 3.05) is 24.2 Å². The van der Waals surface area contributed by atoms with Crippen molar-refractivity contribution < 1.29 is 9.90 Å². The zero-order chi connectivity index (χ0) is 14.5. The molecule has 3 N–H and O–H groups in total. The first-order chi connectivity index (χ1) is 9.58. The predicted octanol–water partition coefficient (Wildman–Crippen LogP) is 2.04. The van der Waals surface area contributed by atoms with Crippen LogP contribution in [0.5, 0.6) is 0 Å². The standard InChI is InChI=1S/C15H17N3O2/c1-18(9-7-12-4-2-3-8-17-12)14-6-5-11(16)10-13(14)15(19)20/h2-6,8,10H,7,9,16H2,1H3,(H,19,20). The summed E-state index contributed by atoms with van der Waals surface area (Å²) in [5.41, 5.74) is 7.94. The number of carboxylic acid groups (broad SMARTS) is 1. The van der Waals surface area contributed by atoms with Crippen molar-refractivity contribution in [2.24, 2.45) is 0 Å². The maximum Gasteiger partial charge on any atom is 0.337 e. The number of rotatable bonds is 5. The van der Waals surface area contributed by atoms with E-state index >= 15 is 0 Å². The van der Waals surface area contributed by atoms with Gasteiger partial charge in [0.1, 0.15) is 0 Å². The van der Waals surface area contributed by atoms with Crippen LogP contribution in [0.2, 0.25) is 0 Å². The molecule has 0 aliphatic carbocycles. The van der Waals surface area contributed by atoms with Crippen molar-refractivity contribution in [3.63, 3.8) is 0 Å². The van der Waals surface area contributed by atoms with Crippen molar-refractivity contribution >= 4 is 17.3 Å². The highest BCUT2D eigenvalue weighted by molar-refractivity contribution is 5.95. The van der Waals surface area contributed by atoms with E-state index in [2.05, 4.69) is 4.98 Å². The molecule has 0 saturated carbocycles. The number of benzene rings is 1. The average Bonchev–Trinajstić information content (AvgIpc) is 2.45. The number of aromatic nitrogens is 1. The van der Waals surface area contributed by atoms with Crippen LogP contribution < -0.4 is 10.6 Å². The first-order valence-corrected chi connectivity index (χ1v) is 6.32. The number of aromatic carboxylic acids is 1. The Morgan fingerprint density at radius 1 is 1.35 bits per heavy atom. The van der Waals surface area contributed by atoms with Gasteiger partial charge in [0, 0.05) is 37.6 Å². The van der Waals surface area contributed by atoms with Crippen LogP contribution in [0.4, 0.5) is 11.4 Å².